The molecule has 4 nitrogen and oxygen atoms in total. The molecule has 6 heteroatoms. The van der Waals surface area contributed by atoms with E-state index in [1.165, 1.54) is 5.56 Å². The quantitative estimate of drug-likeness (QED) is 0.818. The van der Waals surface area contributed by atoms with Gasteiger partial charge in [-0.05, 0) is 51.3 Å². The van der Waals surface area contributed by atoms with Crippen LogP contribution in [0.15, 0.2) is 18.2 Å². The molecule has 2 rings (SSSR count). The molecule has 1 aromatic carbocycles. The van der Waals surface area contributed by atoms with E-state index >= 15 is 0 Å². The molecule has 1 aromatic rings. The number of fused-ring (bicyclic) bond motifs is 1. The second-order valence-electron chi connectivity index (χ2n) is 4.52. The lowest BCUT2D eigenvalue weighted by molar-refractivity contribution is 0.174. The minimum atomic E-state index is 0. The molecule has 19 heavy (non-hydrogen) atoms. The molecule has 1 aliphatic rings. The van der Waals surface area contributed by atoms with Gasteiger partial charge < -0.3 is 19.7 Å². The van der Waals surface area contributed by atoms with Crippen LogP contribution in [-0.2, 0) is 6.54 Å². The fourth-order valence-corrected chi connectivity index (χ4v) is 1.80. The van der Waals surface area contributed by atoms with Gasteiger partial charge in [-0.25, -0.2) is 0 Å². The highest BCUT2D eigenvalue weighted by molar-refractivity contribution is 5.85. The Morgan fingerprint density at radius 1 is 1.16 bits per heavy atom. The fourth-order valence-electron chi connectivity index (χ4n) is 1.80. The molecule has 0 aromatic heterocycles. The third kappa shape index (κ3) is 5.87. The van der Waals surface area contributed by atoms with Crippen molar-refractivity contribution < 1.29 is 9.47 Å². The maximum absolute atomic E-state index is 5.34. The third-order valence-corrected chi connectivity index (χ3v) is 2.72. The minimum absolute atomic E-state index is 0. The summed E-state index contributed by atoms with van der Waals surface area (Å²) in [4.78, 5) is 2.20. The van der Waals surface area contributed by atoms with Crippen LogP contribution in [0.3, 0.4) is 0 Å². The number of hydrogen-bond acceptors (Lipinski definition) is 4. The molecule has 0 amide bonds. The van der Waals surface area contributed by atoms with E-state index < -0.39 is 0 Å². The van der Waals surface area contributed by atoms with E-state index in [1.807, 2.05) is 12.1 Å². The van der Waals surface area contributed by atoms with Gasteiger partial charge in [0, 0.05) is 6.54 Å². The summed E-state index contributed by atoms with van der Waals surface area (Å²) in [5, 5.41) is 3.43. The van der Waals surface area contributed by atoms with E-state index in [-0.39, 0.29) is 24.8 Å². The number of ether oxygens (including phenoxy) is 2. The molecular formula is C13H22Cl2N2O2. The van der Waals surface area contributed by atoms with Crippen LogP contribution in [0.25, 0.3) is 0 Å². The number of nitrogens with zero attached hydrogens (tertiary/aromatic N) is 1. The normalized spacial score (nSPS) is 11.9. The highest BCUT2D eigenvalue weighted by Gasteiger charge is 2.12. The Bertz CT molecular complexity index is 376. The van der Waals surface area contributed by atoms with Gasteiger partial charge in [0.05, 0.1) is 0 Å². The molecule has 1 heterocycles. The summed E-state index contributed by atoms with van der Waals surface area (Å²) in [6, 6.07) is 6.09. The van der Waals surface area contributed by atoms with Crippen molar-refractivity contribution in [3.63, 3.8) is 0 Å². The summed E-state index contributed by atoms with van der Waals surface area (Å²) in [6.07, 6.45) is 1.16. The first-order valence-electron chi connectivity index (χ1n) is 5.99. The maximum atomic E-state index is 5.34. The molecule has 0 saturated heterocycles. The molecule has 1 aliphatic heterocycles. The van der Waals surface area contributed by atoms with Gasteiger partial charge in [-0.2, -0.15) is 0 Å². The van der Waals surface area contributed by atoms with Gasteiger partial charge in [-0.1, -0.05) is 6.07 Å². The first kappa shape index (κ1) is 18.3. The smallest absolute Gasteiger partial charge is 0.231 e. The van der Waals surface area contributed by atoms with E-state index in [2.05, 4.69) is 30.4 Å². The average Bonchev–Trinajstić information content (AvgIpc) is 2.75. The first-order chi connectivity index (χ1) is 8.25. The second-order valence-corrected chi connectivity index (χ2v) is 4.52. The van der Waals surface area contributed by atoms with Crippen LogP contribution in [0, 0.1) is 0 Å². The molecule has 0 radical (unpaired) electrons. The number of hydrogen-bond donors (Lipinski definition) is 1. The van der Waals surface area contributed by atoms with Gasteiger partial charge in [0.2, 0.25) is 6.79 Å². The predicted molar refractivity (Wildman–Crippen MR) is 81.9 cm³/mol. The van der Waals surface area contributed by atoms with Gasteiger partial charge in [0.1, 0.15) is 0 Å². The molecule has 110 valence electrons. The second kappa shape index (κ2) is 9.26. The Morgan fingerprint density at radius 3 is 2.63 bits per heavy atom. The van der Waals surface area contributed by atoms with Crippen LogP contribution in [0.4, 0.5) is 0 Å². The summed E-state index contributed by atoms with van der Waals surface area (Å²) in [5.74, 6) is 1.71. The van der Waals surface area contributed by atoms with Crippen molar-refractivity contribution in [1.82, 2.24) is 10.2 Å². The molecular weight excluding hydrogens is 287 g/mol. The van der Waals surface area contributed by atoms with E-state index in [9.17, 15) is 0 Å². The number of rotatable bonds is 6. The van der Waals surface area contributed by atoms with Crippen LogP contribution >= 0.6 is 24.8 Å². The molecule has 0 unspecified atom stereocenters. The topological polar surface area (TPSA) is 33.7 Å². The van der Waals surface area contributed by atoms with E-state index in [0.29, 0.717) is 6.79 Å². The predicted octanol–water partition coefficient (Wildman–Crippen LogP) is 2.30. The Kier molecular flexibility index (Phi) is 8.93. The average molecular weight is 309 g/mol. The lowest BCUT2D eigenvalue weighted by Gasteiger charge is -2.10. The largest absolute Gasteiger partial charge is 0.454 e. The highest BCUT2D eigenvalue weighted by atomic mass is 35.5. The molecule has 0 atom stereocenters. The Hall–Kier alpha value is -0.680. The van der Waals surface area contributed by atoms with Gasteiger partial charge >= 0.3 is 0 Å². The van der Waals surface area contributed by atoms with Crippen molar-refractivity contribution >= 4 is 24.8 Å². The summed E-state index contributed by atoms with van der Waals surface area (Å²) in [7, 11) is 4.19. The van der Waals surface area contributed by atoms with Crippen molar-refractivity contribution in [2.75, 3.05) is 34.0 Å². The Labute approximate surface area is 127 Å². The van der Waals surface area contributed by atoms with Crippen molar-refractivity contribution in [2.24, 2.45) is 0 Å². The number of halogens is 2. The summed E-state index contributed by atoms with van der Waals surface area (Å²) < 4.78 is 10.6. The lowest BCUT2D eigenvalue weighted by Crippen LogP contribution is -2.20. The zero-order chi connectivity index (χ0) is 12.1. The highest BCUT2D eigenvalue weighted by Crippen LogP contribution is 2.32. The van der Waals surface area contributed by atoms with Crippen LogP contribution in [-0.4, -0.2) is 38.9 Å². The number of benzene rings is 1. The van der Waals surface area contributed by atoms with E-state index in [1.54, 1.807) is 0 Å². The van der Waals surface area contributed by atoms with Gasteiger partial charge in [-0.3, -0.25) is 0 Å². The monoisotopic (exact) mass is 308 g/mol. The standard InChI is InChI=1S/C13H20N2O2.2ClH/c1-15(2)7-3-6-14-9-11-4-5-12-13(8-11)17-10-16-12;;/h4-5,8,14H,3,6-7,9-10H2,1-2H3;2*1H. The Morgan fingerprint density at radius 2 is 1.89 bits per heavy atom. The van der Waals surface area contributed by atoms with E-state index in [4.69, 9.17) is 9.47 Å². The zero-order valence-electron chi connectivity index (χ0n) is 11.3. The lowest BCUT2D eigenvalue weighted by atomic mass is 10.2. The summed E-state index contributed by atoms with van der Waals surface area (Å²) in [5.41, 5.74) is 1.24. The van der Waals surface area contributed by atoms with Crippen LogP contribution in [0.2, 0.25) is 0 Å². The molecule has 0 saturated carbocycles. The molecule has 0 bridgehead atoms. The van der Waals surface area contributed by atoms with E-state index in [0.717, 1.165) is 37.6 Å². The van der Waals surface area contributed by atoms with Crippen molar-refractivity contribution in [3.05, 3.63) is 23.8 Å². The Balaban J connectivity index is 0.00000162. The minimum Gasteiger partial charge on any atom is -0.454 e. The van der Waals surface area contributed by atoms with Crippen molar-refractivity contribution in [2.45, 2.75) is 13.0 Å². The number of nitrogens with one attached hydrogen (secondary N) is 1. The van der Waals surface area contributed by atoms with Gasteiger partial charge in [0.25, 0.3) is 0 Å². The zero-order valence-corrected chi connectivity index (χ0v) is 13.0. The van der Waals surface area contributed by atoms with Gasteiger partial charge in [-0.15, -0.1) is 24.8 Å². The third-order valence-electron chi connectivity index (χ3n) is 2.72. The molecule has 0 fully saturated rings. The van der Waals surface area contributed by atoms with Crippen LogP contribution in [0.5, 0.6) is 11.5 Å². The SMILES string of the molecule is CN(C)CCCNCc1ccc2c(c1)OCO2.Cl.Cl. The van der Waals surface area contributed by atoms with Crippen LogP contribution < -0.4 is 14.8 Å². The molecule has 1 N–H and O–H groups in total. The summed E-state index contributed by atoms with van der Waals surface area (Å²) in [6.45, 7) is 3.37. The molecule has 0 spiro atoms. The van der Waals surface area contributed by atoms with Crippen molar-refractivity contribution in [1.29, 1.82) is 0 Å². The fraction of sp³-hybridized carbons (Fsp3) is 0.538. The summed E-state index contributed by atoms with van der Waals surface area (Å²) >= 11 is 0. The van der Waals surface area contributed by atoms with Crippen molar-refractivity contribution in [3.8, 4) is 11.5 Å². The van der Waals surface area contributed by atoms with Crippen LogP contribution in [0.1, 0.15) is 12.0 Å². The molecule has 0 aliphatic carbocycles. The maximum Gasteiger partial charge on any atom is 0.231 e. The van der Waals surface area contributed by atoms with Gasteiger partial charge in [0.15, 0.2) is 11.5 Å². The first-order valence-corrected chi connectivity index (χ1v) is 5.99.